The molecule has 0 fully saturated rings. The normalized spacial score (nSPS) is 11.0. The second-order valence-electron chi connectivity index (χ2n) is 4.89. The molecule has 106 valence electrons. The summed E-state index contributed by atoms with van der Waals surface area (Å²) < 4.78 is 12.9. The summed E-state index contributed by atoms with van der Waals surface area (Å²) in [5.74, 6) is 0.330. The van der Waals surface area contributed by atoms with Crippen LogP contribution in [0.3, 0.4) is 0 Å². The quantitative estimate of drug-likeness (QED) is 0.591. The lowest BCUT2D eigenvalue weighted by Gasteiger charge is -2.03. The van der Waals surface area contributed by atoms with Crippen LogP contribution >= 0.6 is 0 Å². The van der Waals surface area contributed by atoms with E-state index < -0.39 is 4.92 Å². The van der Waals surface area contributed by atoms with Crippen LogP contribution in [-0.4, -0.2) is 14.9 Å². The number of imidazole rings is 1. The molecule has 0 unspecified atom stereocenters. The number of benzene rings is 2. The van der Waals surface area contributed by atoms with E-state index in [0.29, 0.717) is 23.3 Å². The Bertz CT molecular complexity index is 825. The van der Waals surface area contributed by atoms with Crippen molar-refractivity contribution in [2.24, 2.45) is 0 Å². The van der Waals surface area contributed by atoms with Crippen molar-refractivity contribution in [3.63, 3.8) is 0 Å². The maximum Gasteiger partial charge on any atom is 0.297 e. The monoisotopic (exact) mass is 285 g/mol. The summed E-state index contributed by atoms with van der Waals surface area (Å²) in [6, 6.07) is 9.45. The number of rotatable bonds is 3. The number of nitro groups is 1. The average Bonchev–Trinajstić information content (AvgIpc) is 2.80. The predicted molar refractivity (Wildman–Crippen MR) is 76.7 cm³/mol. The van der Waals surface area contributed by atoms with Crippen LogP contribution in [0, 0.1) is 22.9 Å². The van der Waals surface area contributed by atoms with E-state index in [1.165, 1.54) is 18.2 Å². The highest BCUT2D eigenvalue weighted by molar-refractivity contribution is 5.85. The van der Waals surface area contributed by atoms with Crippen LogP contribution in [0.15, 0.2) is 36.4 Å². The molecule has 0 saturated heterocycles. The van der Waals surface area contributed by atoms with Crippen LogP contribution < -0.4 is 0 Å². The number of H-pyrrole nitrogens is 1. The molecule has 1 aromatic heterocycles. The SMILES string of the molecule is Cc1nc2c([N+](=O)[O-])cc(Cc3ccc(F)cc3)cc2[nH]1. The molecule has 3 rings (SSSR count). The predicted octanol–water partition coefficient (Wildman–Crippen LogP) is 3.51. The van der Waals surface area contributed by atoms with Gasteiger partial charge in [-0.3, -0.25) is 10.1 Å². The smallest absolute Gasteiger partial charge is 0.297 e. The Labute approximate surface area is 119 Å². The minimum Gasteiger partial charge on any atom is -0.342 e. The molecule has 0 aliphatic heterocycles. The molecule has 1 heterocycles. The molecule has 2 aromatic carbocycles. The second-order valence-corrected chi connectivity index (χ2v) is 4.89. The Balaban J connectivity index is 2.06. The number of nitrogens with zero attached hydrogens (tertiary/aromatic N) is 2. The van der Waals surface area contributed by atoms with Crippen LogP contribution in [0.5, 0.6) is 0 Å². The van der Waals surface area contributed by atoms with Gasteiger partial charge in [-0.25, -0.2) is 9.37 Å². The Morgan fingerprint density at radius 2 is 1.95 bits per heavy atom. The molecule has 0 aliphatic rings. The van der Waals surface area contributed by atoms with Gasteiger partial charge in [0.2, 0.25) is 0 Å². The van der Waals surface area contributed by atoms with Gasteiger partial charge in [-0.1, -0.05) is 12.1 Å². The van der Waals surface area contributed by atoms with Crippen molar-refractivity contribution in [3.05, 3.63) is 69.3 Å². The molecule has 0 saturated carbocycles. The third-order valence-electron chi connectivity index (χ3n) is 3.26. The largest absolute Gasteiger partial charge is 0.342 e. The average molecular weight is 285 g/mol. The molecule has 0 atom stereocenters. The lowest BCUT2D eigenvalue weighted by Crippen LogP contribution is -1.94. The third-order valence-corrected chi connectivity index (χ3v) is 3.26. The molecule has 0 bridgehead atoms. The maximum absolute atomic E-state index is 12.9. The molecule has 0 radical (unpaired) electrons. The summed E-state index contributed by atoms with van der Waals surface area (Å²) in [5.41, 5.74) is 2.65. The number of fused-ring (bicyclic) bond motifs is 1. The molecule has 0 aliphatic carbocycles. The number of hydrogen-bond acceptors (Lipinski definition) is 3. The van der Waals surface area contributed by atoms with E-state index in [2.05, 4.69) is 9.97 Å². The van der Waals surface area contributed by atoms with Crippen molar-refractivity contribution in [2.75, 3.05) is 0 Å². The van der Waals surface area contributed by atoms with Crippen LogP contribution in [0.4, 0.5) is 10.1 Å². The number of non-ortho nitro benzene ring substituents is 1. The molecule has 1 N–H and O–H groups in total. The Morgan fingerprint density at radius 1 is 1.24 bits per heavy atom. The van der Waals surface area contributed by atoms with Gasteiger partial charge in [-0.15, -0.1) is 0 Å². The van der Waals surface area contributed by atoms with E-state index in [9.17, 15) is 14.5 Å². The van der Waals surface area contributed by atoms with E-state index in [0.717, 1.165) is 11.1 Å². The summed E-state index contributed by atoms with van der Waals surface area (Å²) in [5, 5.41) is 11.2. The molecule has 0 spiro atoms. The van der Waals surface area contributed by atoms with Gasteiger partial charge in [-0.2, -0.15) is 0 Å². The zero-order chi connectivity index (χ0) is 15.0. The minimum absolute atomic E-state index is 0.0195. The number of aromatic nitrogens is 2. The number of nitro benzene ring substituents is 1. The van der Waals surface area contributed by atoms with Crippen molar-refractivity contribution in [2.45, 2.75) is 13.3 Å². The van der Waals surface area contributed by atoms with Crippen molar-refractivity contribution in [3.8, 4) is 0 Å². The third kappa shape index (κ3) is 2.60. The van der Waals surface area contributed by atoms with E-state index in [1.54, 1.807) is 19.1 Å². The van der Waals surface area contributed by atoms with Crippen LogP contribution in [0.1, 0.15) is 17.0 Å². The zero-order valence-corrected chi connectivity index (χ0v) is 11.3. The van der Waals surface area contributed by atoms with E-state index in [-0.39, 0.29) is 11.5 Å². The van der Waals surface area contributed by atoms with E-state index >= 15 is 0 Å². The van der Waals surface area contributed by atoms with Gasteiger partial charge in [0.25, 0.3) is 5.69 Å². The first-order chi connectivity index (χ1) is 10.0. The Hall–Kier alpha value is -2.76. The number of aromatic amines is 1. The molecule has 5 nitrogen and oxygen atoms in total. The van der Waals surface area contributed by atoms with Gasteiger partial charge in [0, 0.05) is 6.07 Å². The fourth-order valence-electron chi connectivity index (χ4n) is 2.36. The van der Waals surface area contributed by atoms with Gasteiger partial charge < -0.3 is 4.98 Å². The zero-order valence-electron chi connectivity index (χ0n) is 11.3. The lowest BCUT2D eigenvalue weighted by atomic mass is 10.0. The van der Waals surface area contributed by atoms with Crippen LogP contribution in [0.2, 0.25) is 0 Å². The number of hydrogen-bond donors (Lipinski definition) is 1. The molecular formula is C15H12FN3O2. The number of aryl methyl sites for hydroxylation is 1. The summed E-state index contributed by atoms with van der Waals surface area (Å²) in [6.07, 6.45) is 0.495. The minimum atomic E-state index is -0.434. The standard InChI is InChI=1S/C15H12FN3O2/c1-9-17-13-7-11(6-10-2-4-12(16)5-3-10)8-14(19(20)21)15(13)18-9/h2-5,7-8H,6H2,1H3,(H,17,18). The van der Waals surface area contributed by atoms with Gasteiger partial charge in [0.1, 0.15) is 11.6 Å². The summed E-state index contributed by atoms with van der Waals surface area (Å²) in [4.78, 5) is 17.9. The fraction of sp³-hybridized carbons (Fsp3) is 0.133. The molecule has 0 amide bonds. The van der Waals surface area contributed by atoms with Crippen LogP contribution in [0.25, 0.3) is 11.0 Å². The highest BCUT2D eigenvalue weighted by atomic mass is 19.1. The number of halogens is 1. The maximum atomic E-state index is 12.9. The Kier molecular flexibility index (Phi) is 3.13. The van der Waals surface area contributed by atoms with E-state index in [4.69, 9.17) is 0 Å². The first kappa shape index (κ1) is 13.2. The second kappa shape index (κ2) is 4.97. The first-order valence-corrected chi connectivity index (χ1v) is 6.41. The molecule has 6 heteroatoms. The van der Waals surface area contributed by atoms with E-state index in [1.807, 2.05) is 6.07 Å². The molecule has 3 aromatic rings. The lowest BCUT2D eigenvalue weighted by molar-refractivity contribution is -0.383. The fourth-order valence-corrected chi connectivity index (χ4v) is 2.36. The summed E-state index contributed by atoms with van der Waals surface area (Å²) in [6.45, 7) is 1.75. The Morgan fingerprint density at radius 3 is 2.62 bits per heavy atom. The summed E-state index contributed by atoms with van der Waals surface area (Å²) >= 11 is 0. The highest BCUT2D eigenvalue weighted by Gasteiger charge is 2.17. The van der Waals surface area contributed by atoms with Crippen molar-refractivity contribution < 1.29 is 9.31 Å². The van der Waals surface area contributed by atoms with Crippen molar-refractivity contribution in [1.82, 2.24) is 9.97 Å². The molecule has 21 heavy (non-hydrogen) atoms. The van der Waals surface area contributed by atoms with Gasteiger partial charge >= 0.3 is 0 Å². The highest BCUT2D eigenvalue weighted by Crippen LogP contribution is 2.27. The molecular weight excluding hydrogens is 273 g/mol. The van der Waals surface area contributed by atoms with Crippen molar-refractivity contribution in [1.29, 1.82) is 0 Å². The topological polar surface area (TPSA) is 71.8 Å². The van der Waals surface area contributed by atoms with Gasteiger partial charge in [0.15, 0.2) is 5.52 Å². The number of nitrogens with one attached hydrogen (secondary N) is 1. The first-order valence-electron chi connectivity index (χ1n) is 6.41. The summed E-state index contributed by atoms with van der Waals surface area (Å²) in [7, 11) is 0. The van der Waals surface area contributed by atoms with Crippen molar-refractivity contribution >= 4 is 16.7 Å². The van der Waals surface area contributed by atoms with Crippen LogP contribution in [-0.2, 0) is 6.42 Å². The van der Waals surface area contributed by atoms with Gasteiger partial charge in [-0.05, 0) is 42.7 Å². The van der Waals surface area contributed by atoms with Gasteiger partial charge in [0.05, 0.1) is 10.4 Å².